The highest BCUT2D eigenvalue weighted by Crippen LogP contribution is 2.33. The molecule has 0 atom stereocenters. The molecule has 0 N–H and O–H groups in total. The number of aliphatic imine (C=N–C) groups is 1. The highest BCUT2D eigenvalue weighted by molar-refractivity contribution is 14.1. The van der Waals surface area contributed by atoms with E-state index < -0.39 is 0 Å². The van der Waals surface area contributed by atoms with E-state index in [1.54, 1.807) is 18.2 Å². The van der Waals surface area contributed by atoms with Crippen molar-refractivity contribution in [2.24, 2.45) is 4.99 Å². The van der Waals surface area contributed by atoms with Crippen molar-refractivity contribution in [1.82, 2.24) is 4.98 Å². The van der Waals surface area contributed by atoms with E-state index in [4.69, 9.17) is 27.6 Å². The first-order chi connectivity index (χ1) is 12.6. The van der Waals surface area contributed by atoms with E-state index in [0.717, 1.165) is 11.3 Å². The summed E-state index contributed by atoms with van der Waals surface area (Å²) in [7, 11) is 0. The molecule has 0 bridgehead atoms. The highest BCUT2D eigenvalue weighted by Gasteiger charge is 2.12. The van der Waals surface area contributed by atoms with Crippen molar-refractivity contribution in [3.63, 3.8) is 0 Å². The zero-order valence-electron chi connectivity index (χ0n) is 13.3. The smallest absolute Gasteiger partial charge is 0.228 e. The minimum atomic E-state index is 0.436. The number of aromatic nitrogens is 1. The van der Waals surface area contributed by atoms with Crippen molar-refractivity contribution in [2.75, 3.05) is 0 Å². The van der Waals surface area contributed by atoms with Crippen molar-refractivity contribution in [1.29, 1.82) is 0 Å². The Balaban J connectivity index is 1.69. The van der Waals surface area contributed by atoms with E-state index in [9.17, 15) is 0 Å². The average molecular weight is 493 g/mol. The molecule has 0 spiro atoms. The Hall–Kier alpha value is -1.89. The van der Waals surface area contributed by atoms with Gasteiger partial charge in [0.1, 0.15) is 5.52 Å². The quantitative estimate of drug-likeness (QED) is 0.225. The van der Waals surface area contributed by atoms with Crippen molar-refractivity contribution in [2.45, 2.75) is 0 Å². The van der Waals surface area contributed by atoms with Gasteiger partial charge in [0.05, 0.1) is 16.3 Å². The molecular weight excluding hydrogens is 482 g/mol. The van der Waals surface area contributed by atoms with Gasteiger partial charge in [-0.15, -0.1) is 0 Å². The first kappa shape index (κ1) is 17.5. The zero-order valence-corrected chi connectivity index (χ0v) is 17.0. The maximum atomic E-state index is 6.24. The van der Waals surface area contributed by atoms with Gasteiger partial charge in [-0.1, -0.05) is 35.3 Å². The Kier molecular flexibility index (Phi) is 4.98. The molecule has 6 heteroatoms. The molecule has 1 heterocycles. The summed E-state index contributed by atoms with van der Waals surface area (Å²) >= 11 is 14.6. The van der Waals surface area contributed by atoms with Crippen molar-refractivity contribution in [3.05, 3.63) is 79.8 Å². The molecule has 0 aliphatic heterocycles. The summed E-state index contributed by atoms with van der Waals surface area (Å²) in [5.74, 6) is 0.436. The fourth-order valence-corrected chi connectivity index (χ4v) is 3.45. The standard InChI is InChI=1S/C20H11Cl2IN2O/c21-13-4-6-17(22)16(9-13)20-25-18-10-15(5-7-19(18)26-20)24-11-12-2-1-3-14(23)8-12/h1-11H. The summed E-state index contributed by atoms with van der Waals surface area (Å²) in [5, 5.41) is 1.12. The van der Waals surface area contributed by atoms with Crippen LogP contribution in [0.4, 0.5) is 5.69 Å². The first-order valence-corrected chi connectivity index (χ1v) is 9.58. The molecule has 0 radical (unpaired) electrons. The minimum absolute atomic E-state index is 0.436. The second-order valence-corrected chi connectivity index (χ2v) is 7.70. The molecule has 1 aromatic heterocycles. The lowest BCUT2D eigenvalue weighted by molar-refractivity contribution is 0.620. The van der Waals surface area contributed by atoms with Crippen LogP contribution in [0, 0.1) is 3.57 Å². The summed E-state index contributed by atoms with van der Waals surface area (Å²) in [4.78, 5) is 9.05. The SMILES string of the molecule is Clc1ccc(Cl)c(-c2nc3cc(N=Cc4cccc(I)c4)ccc3o2)c1. The van der Waals surface area contributed by atoms with Gasteiger partial charge >= 0.3 is 0 Å². The molecule has 26 heavy (non-hydrogen) atoms. The normalized spacial score (nSPS) is 11.5. The molecule has 0 amide bonds. The lowest BCUT2D eigenvalue weighted by Gasteiger charge is -1.99. The molecule has 128 valence electrons. The van der Waals surface area contributed by atoms with Crippen LogP contribution in [0.1, 0.15) is 5.56 Å². The number of hydrogen-bond acceptors (Lipinski definition) is 3. The van der Waals surface area contributed by atoms with Gasteiger partial charge in [-0.2, -0.15) is 0 Å². The summed E-state index contributed by atoms with van der Waals surface area (Å²) < 4.78 is 6.98. The maximum absolute atomic E-state index is 6.24. The van der Waals surface area contributed by atoms with Crippen molar-refractivity contribution >= 4 is 68.8 Å². The van der Waals surface area contributed by atoms with Crippen molar-refractivity contribution < 1.29 is 4.42 Å². The van der Waals surface area contributed by atoms with Crippen LogP contribution in [0.15, 0.2) is 70.1 Å². The van der Waals surface area contributed by atoms with Crippen LogP contribution in [-0.4, -0.2) is 11.2 Å². The van der Waals surface area contributed by atoms with Crippen LogP contribution in [0.3, 0.4) is 0 Å². The molecule has 4 rings (SSSR count). The molecule has 3 nitrogen and oxygen atoms in total. The van der Waals surface area contributed by atoms with Crippen LogP contribution in [-0.2, 0) is 0 Å². The highest BCUT2D eigenvalue weighted by atomic mass is 127. The number of oxazole rings is 1. The molecule has 0 saturated carbocycles. The fourth-order valence-electron chi connectivity index (χ4n) is 2.51. The number of nitrogens with zero attached hydrogens (tertiary/aromatic N) is 2. The van der Waals surface area contributed by atoms with E-state index in [1.807, 2.05) is 42.6 Å². The molecule has 0 unspecified atom stereocenters. The third kappa shape index (κ3) is 3.77. The molecule has 3 aromatic carbocycles. The second kappa shape index (κ2) is 7.39. The van der Waals surface area contributed by atoms with Gasteiger partial charge in [-0.3, -0.25) is 4.99 Å². The molecule has 0 aliphatic carbocycles. The Labute approximate surface area is 173 Å². The Bertz CT molecular complexity index is 1140. The average Bonchev–Trinajstić information content (AvgIpc) is 3.05. The van der Waals surface area contributed by atoms with Crippen LogP contribution in [0.2, 0.25) is 10.0 Å². The number of rotatable bonds is 3. The van der Waals surface area contributed by atoms with E-state index in [0.29, 0.717) is 32.6 Å². The molecule has 0 fully saturated rings. The van der Waals surface area contributed by atoms with Crippen LogP contribution in [0.25, 0.3) is 22.6 Å². The predicted molar refractivity (Wildman–Crippen MR) is 116 cm³/mol. The molecule has 4 aromatic rings. The van der Waals surface area contributed by atoms with Gasteiger partial charge in [0.25, 0.3) is 0 Å². The summed E-state index contributed by atoms with van der Waals surface area (Å²) in [6, 6.07) is 19.0. The third-order valence-electron chi connectivity index (χ3n) is 3.74. The van der Waals surface area contributed by atoms with Crippen LogP contribution >= 0.6 is 45.8 Å². The van der Waals surface area contributed by atoms with Crippen LogP contribution < -0.4 is 0 Å². The number of hydrogen-bond donors (Lipinski definition) is 0. The summed E-state index contributed by atoms with van der Waals surface area (Å²) in [5.41, 5.74) is 3.90. The van der Waals surface area contributed by atoms with Crippen LogP contribution in [0.5, 0.6) is 0 Å². The van der Waals surface area contributed by atoms with E-state index in [-0.39, 0.29) is 0 Å². The van der Waals surface area contributed by atoms with Crippen molar-refractivity contribution in [3.8, 4) is 11.5 Å². The largest absolute Gasteiger partial charge is 0.436 e. The minimum Gasteiger partial charge on any atom is -0.436 e. The number of benzene rings is 3. The lowest BCUT2D eigenvalue weighted by atomic mass is 10.2. The number of halogens is 3. The van der Waals surface area contributed by atoms with Gasteiger partial charge < -0.3 is 4.42 Å². The van der Waals surface area contributed by atoms with E-state index in [2.05, 4.69) is 38.6 Å². The van der Waals surface area contributed by atoms with Gasteiger partial charge in [0, 0.05) is 14.8 Å². The number of fused-ring (bicyclic) bond motifs is 1. The van der Waals surface area contributed by atoms with E-state index >= 15 is 0 Å². The molecule has 0 aliphatic rings. The second-order valence-electron chi connectivity index (χ2n) is 5.61. The molecule has 0 saturated heterocycles. The summed E-state index contributed by atoms with van der Waals surface area (Å²) in [6.45, 7) is 0. The Morgan fingerprint density at radius 2 is 1.88 bits per heavy atom. The Morgan fingerprint density at radius 3 is 2.73 bits per heavy atom. The maximum Gasteiger partial charge on any atom is 0.228 e. The van der Waals surface area contributed by atoms with E-state index in [1.165, 1.54) is 3.57 Å². The van der Waals surface area contributed by atoms with Gasteiger partial charge in [-0.05, 0) is 76.7 Å². The topological polar surface area (TPSA) is 38.4 Å². The Morgan fingerprint density at radius 1 is 1.00 bits per heavy atom. The first-order valence-electron chi connectivity index (χ1n) is 7.74. The van der Waals surface area contributed by atoms with Gasteiger partial charge in [-0.25, -0.2) is 4.98 Å². The fraction of sp³-hybridized carbons (Fsp3) is 0. The zero-order chi connectivity index (χ0) is 18.1. The summed E-state index contributed by atoms with van der Waals surface area (Å²) in [6.07, 6.45) is 1.83. The molecular formula is C20H11Cl2IN2O. The van der Waals surface area contributed by atoms with Gasteiger partial charge in [0.2, 0.25) is 5.89 Å². The third-order valence-corrected chi connectivity index (χ3v) is 4.98. The van der Waals surface area contributed by atoms with Gasteiger partial charge in [0.15, 0.2) is 5.58 Å². The monoisotopic (exact) mass is 492 g/mol. The predicted octanol–water partition coefficient (Wildman–Crippen LogP) is 7.16. The lowest BCUT2D eigenvalue weighted by Crippen LogP contribution is -1.81.